The van der Waals surface area contributed by atoms with Crippen LogP contribution in [0.4, 0.5) is 8.78 Å². The van der Waals surface area contributed by atoms with Crippen molar-refractivity contribution >= 4 is 23.4 Å². The van der Waals surface area contributed by atoms with E-state index in [1.54, 1.807) is 28.0 Å². The molecular weight excluding hydrogens is 500 g/mol. The molecule has 2 saturated heterocycles. The summed E-state index contributed by atoms with van der Waals surface area (Å²) in [6.45, 7) is 2.18. The van der Waals surface area contributed by atoms with Gasteiger partial charge in [0.05, 0.1) is 5.56 Å². The topological polar surface area (TPSA) is 73.5 Å². The molecule has 1 N–H and O–H groups in total. The molecule has 5 rings (SSSR count). The van der Waals surface area contributed by atoms with E-state index in [0.717, 1.165) is 25.7 Å². The van der Waals surface area contributed by atoms with E-state index >= 15 is 0 Å². The number of likely N-dealkylation sites (tertiary alicyclic amines) is 2. The molecule has 2 aliphatic heterocycles. The van der Waals surface area contributed by atoms with Gasteiger partial charge in [-0.3, -0.25) is 14.4 Å². The molecule has 9 heteroatoms. The molecule has 0 saturated carbocycles. The molecule has 0 radical (unpaired) electrons. The number of H-pyrrole nitrogens is 1. The SMILES string of the molecule is O=C(c1cc(Cl)[nH]c(=O)c1)N1CCC2(CC1)CCN(C(=O)c1ccc(-c3ccc(F)cc3)cc1F)CC2. The number of rotatable bonds is 3. The number of carbonyl (C=O) groups is 2. The van der Waals surface area contributed by atoms with Crippen LogP contribution < -0.4 is 5.56 Å². The number of aromatic amines is 1. The lowest BCUT2D eigenvalue weighted by molar-refractivity contribution is 0.0279. The molecule has 6 nitrogen and oxygen atoms in total. The average molecular weight is 526 g/mol. The quantitative estimate of drug-likeness (QED) is 0.482. The molecule has 0 atom stereocenters. The Balaban J connectivity index is 1.19. The average Bonchev–Trinajstić information content (AvgIpc) is 2.89. The van der Waals surface area contributed by atoms with Gasteiger partial charge in [-0.05, 0) is 72.6 Å². The molecule has 0 bridgehead atoms. The summed E-state index contributed by atoms with van der Waals surface area (Å²) < 4.78 is 28.1. The van der Waals surface area contributed by atoms with Crippen LogP contribution in [0, 0.1) is 17.0 Å². The van der Waals surface area contributed by atoms with Crippen LogP contribution >= 0.6 is 11.6 Å². The first-order chi connectivity index (χ1) is 17.7. The predicted molar refractivity (Wildman–Crippen MR) is 137 cm³/mol. The Morgan fingerprint density at radius 2 is 1.35 bits per heavy atom. The summed E-state index contributed by atoms with van der Waals surface area (Å²) in [5, 5.41) is 0.128. The zero-order valence-corrected chi connectivity index (χ0v) is 20.9. The number of hydrogen-bond donors (Lipinski definition) is 1. The van der Waals surface area contributed by atoms with Crippen molar-refractivity contribution in [3.05, 3.63) is 92.9 Å². The van der Waals surface area contributed by atoms with Gasteiger partial charge in [0.2, 0.25) is 5.56 Å². The second kappa shape index (κ2) is 10.1. The van der Waals surface area contributed by atoms with E-state index < -0.39 is 11.4 Å². The van der Waals surface area contributed by atoms with Gasteiger partial charge in [0.25, 0.3) is 11.8 Å². The van der Waals surface area contributed by atoms with E-state index in [-0.39, 0.29) is 39.3 Å². The van der Waals surface area contributed by atoms with Gasteiger partial charge < -0.3 is 14.8 Å². The second-order valence-electron chi connectivity index (χ2n) is 9.87. The maximum atomic E-state index is 14.9. The van der Waals surface area contributed by atoms with Gasteiger partial charge in [-0.1, -0.05) is 29.8 Å². The fourth-order valence-corrected chi connectivity index (χ4v) is 5.58. The minimum absolute atomic E-state index is 0.0266. The van der Waals surface area contributed by atoms with Crippen molar-refractivity contribution in [3.8, 4) is 11.1 Å². The number of aromatic nitrogens is 1. The third-order valence-electron chi connectivity index (χ3n) is 7.66. The molecule has 1 spiro atoms. The molecular formula is C28H26ClF2N3O3. The third kappa shape index (κ3) is 5.30. The lowest BCUT2D eigenvalue weighted by Gasteiger charge is -2.46. The van der Waals surface area contributed by atoms with E-state index in [9.17, 15) is 23.2 Å². The van der Waals surface area contributed by atoms with Crippen LogP contribution in [0.2, 0.25) is 5.15 Å². The fraction of sp³-hybridized carbons (Fsp3) is 0.321. The zero-order chi connectivity index (χ0) is 26.2. The number of carbonyl (C=O) groups excluding carboxylic acids is 2. The van der Waals surface area contributed by atoms with Crippen molar-refractivity contribution < 1.29 is 18.4 Å². The maximum Gasteiger partial charge on any atom is 0.256 e. The summed E-state index contributed by atoms with van der Waals surface area (Å²) >= 11 is 5.89. The van der Waals surface area contributed by atoms with Gasteiger partial charge in [0, 0.05) is 37.8 Å². The first-order valence-corrected chi connectivity index (χ1v) is 12.6. The summed E-state index contributed by atoms with van der Waals surface area (Å²) in [7, 11) is 0. The van der Waals surface area contributed by atoms with Crippen LogP contribution in [0.5, 0.6) is 0 Å². The highest BCUT2D eigenvalue weighted by Gasteiger charge is 2.40. The van der Waals surface area contributed by atoms with E-state index in [1.165, 1.54) is 36.4 Å². The van der Waals surface area contributed by atoms with Crippen LogP contribution in [0.3, 0.4) is 0 Å². The summed E-state index contributed by atoms with van der Waals surface area (Å²) in [5.74, 6) is -1.51. The van der Waals surface area contributed by atoms with E-state index in [0.29, 0.717) is 37.3 Å². The van der Waals surface area contributed by atoms with Gasteiger partial charge in [-0.25, -0.2) is 8.78 Å². The number of benzene rings is 2. The van der Waals surface area contributed by atoms with Crippen molar-refractivity contribution in [1.82, 2.24) is 14.8 Å². The summed E-state index contributed by atoms with van der Waals surface area (Å²) in [4.78, 5) is 43.5. The monoisotopic (exact) mass is 525 g/mol. The Bertz CT molecular complexity index is 1390. The van der Waals surface area contributed by atoms with Gasteiger partial charge in [-0.2, -0.15) is 0 Å². The van der Waals surface area contributed by atoms with E-state index in [4.69, 9.17) is 11.6 Å². The minimum Gasteiger partial charge on any atom is -0.339 e. The predicted octanol–water partition coefficient (Wildman–Crippen LogP) is 5.13. The highest BCUT2D eigenvalue weighted by Crippen LogP contribution is 2.42. The standard InChI is InChI=1S/C28H26ClF2N3O3/c29-24-16-20(17-25(35)32-24)26(36)33-11-7-28(8-12-33)9-13-34(14-10-28)27(37)22-6-3-19(15-23(22)31)18-1-4-21(30)5-2-18/h1-6,15-17H,7-14H2,(H,32,35). The van der Waals surface area contributed by atoms with Crippen molar-refractivity contribution in [1.29, 1.82) is 0 Å². The second-order valence-corrected chi connectivity index (χ2v) is 10.3. The Labute approximate surface area is 217 Å². The zero-order valence-electron chi connectivity index (χ0n) is 20.1. The molecule has 3 heterocycles. The number of nitrogens with one attached hydrogen (secondary N) is 1. The van der Waals surface area contributed by atoms with Gasteiger partial charge in [-0.15, -0.1) is 0 Å². The third-order valence-corrected chi connectivity index (χ3v) is 7.86. The highest BCUT2D eigenvalue weighted by atomic mass is 35.5. The molecule has 37 heavy (non-hydrogen) atoms. The van der Waals surface area contributed by atoms with Crippen molar-refractivity contribution in [2.24, 2.45) is 5.41 Å². The van der Waals surface area contributed by atoms with Crippen LogP contribution in [0.25, 0.3) is 11.1 Å². The summed E-state index contributed by atoms with van der Waals surface area (Å²) in [6, 6.07) is 13.0. The number of halogens is 3. The van der Waals surface area contributed by atoms with Gasteiger partial charge in [0.1, 0.15) is 16.8 Å². The molecule has 2 amide bonds. The Morgan fingerprint density at radius 3 is 1.92 bits per heavy atom. The highest BCUT2D eigenvalue weighted by molar-refractivity contribution is 6.29. The Hall–Kier alpha value is -3.52. The first kappa shape index (κ1) is 25.1. The first-order valence-electron chi connectivity index (χ1n) is 12.3. The lowest BCUT2D eigenvalue weighted by atomic mass is 9.71. The minimum atomic E-state index is -0.598. The Kier molecular flexibility index (Phi) is 6.86. The van der Waals surface area contributed by atoms with Gasteiger partial charge in [0.15, 0.2) is 0 Å². The fourth-order valence-electron chi connectivity index (χ4n) is 5.36. The van der Waals surface area contributed by atoms with Crippen LogP contribution in [0.1, 0.15) is 46.4 Å². The van der Waals surface area contributed by atoms with E-state index in [1.807, 2.05) is 0 Å². The van der Waals surface area contributed by atoms with Crippen molar-refractivity contribution in [2.75, 3.05) is 26.2 Å². The molecule has 2 aromatic carbocycles. The molecule has 1 aromatic heterocycles. The normalized spacial score (nSPS) is 17.2. The van der Waals surface area contributed by atoms with E-state index in [2.05, 4.69) is 4.98 Å². The smallest absolute Gasteiger partial charge is 0.256 e. The number of pyridine rings is 1. The number of piperidine rings is 2. The molecule has 2 fully saturated rings. The molecule has 0 unspecified atom stereocenters. The molecule has 0 aliphatic carbocycles. The number of amides is 2. The lowest BCUT2D eigenvalue weighted by Crippen LogP contribution is -2.49. The van der Waals surface area contributed by atoms with Crippen LogP contribution in [0.15, 0.2) is 59.4 Å². The number of hydrogen-bond acceptors (Lipinski definition) is 3. The number of nitrogens with zero attached hydrogens (tertiary/aromatic N) is 2. The van der Waals surface area contributed by atoms with Crippen molar-refractivity contribution in [3.63, 3.8) is 0 Å². The summed E-state index contributed by atoms with van der Waals surface area (Å²) in [6.07, 6.45) is 3.18. The van der Waals surface area contributed by atoms with Gasteiger partial charge >= 0.3 is 0 Å². The van der Waals surface area contributed by atoms with Crippen molar-refractivity contribution in [2.45, 2.75) is 25.7 Å². The summed E-state index contributed by atoms with van der Waals surface area (Å²) in [5.41, 5.74) is 1.17. The molecule has 3 aromatic rings. The van der Waals surface area contributed by atoms with Crippen LogP contribution in [-0.4, -0.2) is 52.8 Å². The van der Waals surface area contributed by atoms with Crippen LogP contribution in [-0.2, 0) is 0 Å². The largest absolute Gasteiger partial charge is 0.339 e. The maximum absolute atomic E-state index is 14.9. The Morgan fingerprint density at radius 1 is 0.784 bits per heavy atom. The molecule has 192 valence electrons. The molecule has 2 aliphatic rings.